The van der Waals surface area contributed by atoms with Crippen molar-refractivity contribution < 1.29 is 0 Å². The van der Waals surface area contributed by atoms with E-state index in [-0.39, 0.29) is 0 Å². The summed E-state index contributed by atoms with van der Waals surface area (Å²) >= 11 is 0. The van der Waals surface area contributed by atoms with E-state index in [4.69, 9.17) is 0 Å². The van der Waals surface area contributed by atoms with Crippen LogP contribution in [0, 0.1) is 0 Å². The van der Waals surface area contributed by atoms with Crippen LogP contribution in [-0.2, 0) is 0 Å². The van der Waals surface area contributed by atoms with E-state index in [0.29, 0.717) is 5.54 Å². The summed E-state index contributed by atoms with van der Waals surface area (Å²) in [7, 11) is 4.58. The summed E-state index contributed by atoms with van der Waals surface area (Å²) in [5.41, 5.74) is 0.412. The normalized spacial score (nSPS) is 23.6. The van der Waals surface area contributed by atoms with Crippen LogP contribution in [0.3, 0.4) is 0 Å². The topological polar surface area (TPSA) is 6.48 Å². The summed E-state index contributed by atoms with van der Waals surface area (Å²) in [5, 5.41) is 0. The number of nitrogens with zero attached hydrogens (tertiary/aromatic N) is 2. The Morgan fingerprint density at radius 2 is 1.81 bits per heavy atom. The molecule has 2 heteroatoms. The summed E-state index contributed by atoms with van der Waals surface area (Å²) < 4.78 is 0. The number of rotatable bonds is 5. The van der Waals surface area contributed by atoms with Crippen LogP contribution < -0.4 is 0 Å². The Labute approximate surface area is 102 Å². The van der Waals surface area contributed by atoms with E-state index in [0.717, 1.165) is 6.04 Å². The molecule has 1 aliphatic heterocycles. The molecule has 0 saturated carbocycles. The highest BCUT2D eigenvalue weighted by atomic mass is 15.2. The maximum absolute atomic E-state index is 2.67. The molecule has 1 unspecified atom stereocenters. The van der Waals surface area contributed by atoms with Crippen LogP contribution in [0.5, 0.6) is 0 Å². The average molecular weight is 226 g/mol. The van der Waals surface area contributed by atoms with Gasteiger partial charge in [-0.05, 0) is 59.8 Å². The van der Waals surface area contributed by atoms with Crippen molar-refractivity contribution in [1.29, 1.82) is 0 Å². The van der Waals surface area contributed by atoms with Gasteiger partial charge in [0.15, 0.2) is 0 Å². The molecule has 1 rings (SSSR count). The monoisotopic (exact) mass is 226 g/mol. The number of hydrogen-bond acceptors (Lipinski definition) is 2. The van der Waals surface area contributed by atoms with Gasteiger partial charge in [0.1, 0.15) is 0 Å². The first-order valence-electron chi connectivity index (χ1n) is 6.95. The largest absolute Gasteiger partial charge is 0.306 e. The molecule has 0 N–H and O–H groups in total. The minimum atomic E-state index is 0.412. The Morgan fingerprint density at radius 1 is 1.25 bits per heavy atom. The fraction of sp³-hybridized carbons (Fsp3) is 1.00. The first kappa shape index (κ1) is 14.0. The van der Waals surface area contributed by atoms with Crippen LogP contribution in [0.1, 0.15) is 52.9 Å². The zero-order chi connectivity index (χ0) is 12.2. The lowest BCUT2D eigenvalue weighted by Gasteiger charge is -2.46. The smallest absolute Gasteiger partial charge is 0.0178 e. The zero-order valence-corrected chi connectivity index (χ0v) is 11.9. The Balaban J connectivity index is 2.57. The van der Waals surface area contributed by atoms with Crippen LogP contribution in [0.15, 0.2) is 0 Å². The first-order chi connectivity index (χ1) is 7.53. The van der Waals surface area contributed by atoms with Crippen molar-refractivity contribution >= 4 is 0 Å². The third kappa shape index (κ3) is 3.21. The molecule has 0 radical (unpaired) electrons. The lowest BCUT2D eigenvalue weighted by molar-refractivity contribution is 0.0406. The van der Waals surface area contributed by atoms with Crippen LogP contribution in [0.2, 0.25) is 0 Å². The highest BCUT2D eigenvalue weighted by Gasteiger charge is 2.32. The van der Waals surface area contributed by atoms with Crippen molar-refractivity contribution in [1.82, 2.24) is 9.80 Å². The Hall–Kier alpha value is -0.0800. The van der Waals surface area contributed by atoms with Gasteiger partial charge in [0, 0.05) is 11.6 Å². The molecule has 0 bridgehead atoms. The van der Waals surface area contributed by atoms with E-state index >= 15 is 0 Å². The van der Waals surface area contributed by atoms with Crippen molar-refractivity contribution in [2.45, 2.75) is 64.5 Å². The van der Waals surface area contributed by atoms with E-state index in [1.807, 2.05) is 0 Å². The fourth-order valence-electron chi connectivity index (χ4n) is 2.96. The molecular weight excluding hydrogens is 196 g/mol. The summed E-state index contributed by atoms with van der Waals surface area (Å²) in [5.74, 6) is 0. The third-order valence-electron chi connectivity index (χ3n) is 4.64. The minimum Gasteiger partial charge on any atom is -0.306 e. The standard InChI is InChI=1S/C14H30N2/c1-6-10-14(3,7-2)16(5)13-8-11-15(4)12-9-13/h13H,6-12H2,1-5H3. The molecule has 96 valence electrons. The van der Waals surface area contributed by atoms with Gasteiger partial charge in [0.05, 0.1) is 0 Å². The molecule has 0 aliphatic carbocycles. The highest BCUT2D eigenvalue weighted by molar-refractivity contribution is 4.89. The highest BCUT2D eigenvalue weighted by Crippen LogP contribution is 2.29. The quantitative estimate of drug-likeness (QED) is 0.711. The Morgan fingerprint density at radius 3 is 2.25 bits per heavy atom. The molecule has 1 saturated heterocycles. The van der Waals surface area contributed by atoms with E-state index in [2.05, 4.69) is 44.7 Å². The average Bonchev–Trinajstić information content (AvgIpc) is 2.29. The van der Waals surface area contributed by atoms with E-state index in [1.165, 1.54) is 45.2 Å². The fourth-order valence-corrected chi connectivity index (χ4v) is 2.96. The van der Waals surface area contributed by atoms with Crippen molar-refractivity contribution in [2.24, 2.45) is 0 Å². The summed E-state index contributed by atoms with van der Waals surface area (Å²) in [6.45, 7) is 9.61. The van der Waals surface area contributed by atoms with Gasteiger partial charge in [-0.1, -0.05) is 20.3 Å². The number of hydrogen-bond donors (Lipinski definition) is 0. The molecule has 1 heterocycles. The van der Waals surface area contributed by atoms with Crippen molar-refractivity contribution in [2.75, 3.05) is 27.2 Å². The van der Waals surface area contributed by atoms with Crippen molar-refractivity contribution in [3.8, 4) is 0 Å². The molecule has 0 spiro atoms. The van der Waals surface area contributed by atoms with Gasteiger partial charge in [-0.15, -0.1) is 0 Å². The second-order valence-corrected chi connectivity index (χ2v) is 5.75. The van der Waals surface area contributed by atoms with Crippen LogP contribution in [0.25, 0.3) is 0 Å². The van der Waals surface area contributed by atoms with E-state index < -0.39 is 0 Å². The zero-order valence-electron chi connectivity index (χ0n) is 11.9. The van der Waals surface area contributed by atoms with Crippen LogP contribution in [-0.4, -0.2) is 48.6 Å². The van der Waals surface area contributed by atoms with Gasteiger partial charge in [0.25, 0.3) is 0 Å². The second kappa shape index (κ2) is 6.02. The molecule has 1 aliphatic rings. The maximum Gasteiger partial charge on any atom is 0.0178 e. The first-order valence-corrected chi connectivity index (χ1v) is 6.95. The third-order valence-corrected chi connectivity index (χ3v) is 4.64. The molecule has 16 heavy (non-hydrogen) atoms. The number of piperidine rings is 1. The van der Waals surface area contributed by atoms with Gasteiger partial charge >= 0.3 is 0 Å². The van der Waals surface area contributed by atoms with Crippen LogP contribution in [0.4, 0.5) is 0 Å². The minimum absolute atomic E-state index is 0.412. The second-order valence-electron chi connectivity index (χ2n) is 5.75. The summed E-state index contributed by atoms with van der Waals surface area (Å²) in [6.07, 6.45) is 6.57. The summed E-state index contributed by atoms with van der Waals surface area (Å²) in [4.78, 5) is 5.12. The van der Waals surface area contributed by atoms with Gasteiger partial charge in [-0.3, -0.25) is 4.90 Å². The van der Waals surface area contributed by atoms with Gasteiger partial charge in [-0.25, -0.2) is 0 Å². The Bertz CT molecular complexity index is 197. The SMILES string of the molecule is CCCC(C)(CC)N(C)C1CCN(C)CC1. The molecule has 0 aromatic heterocycles. The predicted molar refractivity (Wildman–Crippen MR) is 71.9 cm³/mol. The van der Waals surface area contributed by atoms with Crippen LogP contribution >= 0.6 is 0 Å². The Kier molecular flexibility index (Phi) is 5.26. The predicted octanol–water partition coefficient (Wildman–Crippen LogP) is 2.98. The molecule has 2 nitrogen and oxygen atoms in total. The lowest BCUT2D eigenvalue weighted by atomic mass is 9.88. The van der Waals surface area contributed by atoms with E-state index in [1.54, 1.807) is 0 Å². The van der Waals surface area contributed by atoms with Gasteiger partial charge in [-0.2, -0.15) is 0 Å². The lowest BCUT2D eigenvalue weighted by Crippen LogP contribution is -2.52. The maximum atomic E-state index is 2.67. The van der Waals surface area contributed by atoms with Gasteiger partial charge in [0.2, 0.25) is 0 Å². The molecule has 1 fully saturated rings. The van der Waals surface area contributed by atoms with Gasteiger partial charge < -0.3 is 4.90 Å². The van der Waals surface area contributed by atoms with Crippen molar-refractivity contribution in [3.63, 3.8) is 0 Å². The molecule has 1 atom stereocenters. The molecule has 0 aromatic rings. The number of likely N-dealkylation sites (tertiary alicyclic amines) is 1. The summed E-state index contributed by atoms with van der Waals surface area (Å²) in [6, 6.07) is 0.799. The molecular formula is C14H30N2. The molecule has 0 aromatic carbocycles. The van der Waals surface area contributed by atoms with E-state index in [9.17, 15) is 0 Å². The van der Waals surface area contributed by atoms with Crippen molar-refractivity contribution in [3.05, 3.63) is 0 Å². The molecule has 0 amide bonds.